The number of nitrogens with one attached hydrogen (secondary N) is 1. The lowest BCUT2D eigenvalue weighted by Crippen LogP contribution is -2.10. The summed E-state index contributed by atoms with van der Waals surface area (Å²) < 4.78 is 30.3. The summed E-state index contributed by atoms with van der Waals surface area (Å²) in [5.41, 5.74) is 0.654. The van der Waals surface area contributed by atoms with Gasteiger partial charge in [0, 0.05) is 0 Å². The van der Waals surface area contributed by atoms with Gasteiger partial charge in [-0.05, 0) is 37.7 Å². The average Bonchev–Trinajstić information content (AvgIpc) is 2.25. The molecular formula is C9H15NO8P2. The zero-order chi connectivity index (χ0) is 15.4. The Kier molecular flexibility index (Phi) is 5.73. The molecule has 0 unspecified atom stereocenters. The Morgan fingerprint density at radius 2 is 1.60 bits per heavy atom. The highest BCUT2D eigenvalue weighted by atomic mass is 31.2. The molecular weight excluding hydrogens is 312 g/mol. The van der Waals surface area contributed by atoms with Crippen molar-refractivity contribution in [3.05, 3.63) is 23.8 Å². The minimum atomic E-state index is -4.87. The van der Waals surface area contributed by atoms with Crippen molar-refractivity contribution in [2.45, 2.75) is 6.42 Å². The van der Waals surface area contributed by atoms with Crippen LogP contribution >= 0.6 is 15.6 Å². The van der Waals surface area contributed by atoms with Crippen LogP contribution in [0, 0.1) is 0 Å². The average molecular weight is 327 g/mol. The van der Waals surface area contributed by atoms with E-state index in [1.54, 1.807) is 7.05 Å². The molecule has 114 valence electrons. The van der Waals surface area contributed by atoms with Crippen LogP contribution < -0.4 is 14.4 Å². The van der Waals surface area contributed by atoms with E-state index >= 15 is 0 Å². The van der Waals surface area contributed by atoms with Crippen LogP contribution in [-0.4, -0.2) is 33.2 Å². The van der Waals surface area contributed by atoms with E-state index in [9.17, 15) is 9.13 Å². The predicted octanol–water partition coefficient (Wildman–Crippen LogP) is 0.391. The summed E-state index contributed by atoms with van der Waals surface area (Å²) in [7, 11) is -8.00. The van der Waals surface area contributed by atoms with E-state index in [0.29, 0.717) is 18.5 Å². The number of benzene rings is 1. The Bertz CT molecular complexity index is 551. The molecule has 0 radical (unpaired) electrons. The van der Waals surface area contributed by atoms with Gasteiger partial charge in [-0.2, -0.15) is 0 Å². The molecule has 0 amide bonds. The molecule has 0 saturated carbocycles. The summed E-state index contributed by atoms with van der Waals surface area (Å²) in [6.07, 6.45) is 0.532. The highest BCUT2D eigenvalue weighted by Crippen LogP contribution is 2.47. The predicted molar refractivity (Wildman–Crippen MR) is 69.4 cm³/mol. The van der Waals surface area contributed by atoms with Gasteiger partial charge in [-0.15, -0.1) is 0 Å². The van der Waals surface area contributed by atoms with Crippen LogP contribution in [0.15, 0.2) is 18.2 Å². The van der Waals surface area contributed by atoms with E-state index in [-0.39, 0.29) is 0 Å². The Balaban J connectivity index is 3.09. The van der Waals surface area contributed by atoms with Crippen molar-refractivity contribution in [1.82, 2.24) is 5.32 Å². The minimum absolute atomic E-state index is 0.435. The van der Waals surface area contributed by atoms with Crippen LogP contribution in [0.4, 0.5) is 0 Å². The molecule has 11 heteroatoms. The third-order valence-corrected chi connectivity index (χ3v) is 2.98. The molecule has 0 aliphatic rings. The van der Waals surface area contributed by atoms with Gasteiger partial charge in [0.1, 0.15) is 0 Å². The molecule has 1 rings (SSSR count). The first kappa shape index (κ1) is 17.1. The first-order valence-corrected chi connectivity index (χ1v) is 8.44. The molecule has 5 N–H and O–H groups in total. The zero-order valence-electron chi connectivity index (χ0n) is 10.5. The van der Waals surface area contributed by atoms with Crippen molar-refractivity contribution in [2.75, 3.05) is 13.6 Å². The smallest absolute Gasteiger partial charge is 0.400 e. The monoisotopic (exact) mass is 327 g/mol. The third kappa shape index (κ3) is 6.49. The van der Waals surface area contributed by atoms with Gasteiger partial charge in [0.25, 0.3) is 0 Å². The molecule has 0 heterocycles. The Labute approximate surface area is 115 Å². The Morgan fingerprint density at radius 1 is 1.05 bits per heavy atom. The Morgan fingerprint density at radius 3 is 2.10 bits per heavy atom. The molecule has 0 fully saturated rings. The van der Waals surface area contributed by atoms with Crippen molar-refractivity contribution in [1.29, 1.82) is 0 Å². The van der Waals surface area contributed by atoms with E-state index in [0.717, 1.165) is 0 Å². The molecule has 0 aliphatic carbocycles. The molecule has 20 heavy (non-hydrogen) atoms. The molecule has 0 bridgehead atoms. The molecule has 0 atom stereocenters. The molecule has 0 aliphatic heterocycles. The van der Waals surface area contributed by atoms with Crippen LogP contribution in [0.2, 0.25) is 0 Å². The topological polar surface area (TPSA) is 146 Å². The van der Waals surface area contributed by atoms with Crippen molar-refractivity contribution < 1.29 is 37.8 Å². The fourth-order valence-corrected chi connectivity index (χ4v) is 2.19. The first-order valence-electron chi connectivity index (χ1n) is 5.38. The van der Waals surface area contributed by atoms with Gasteiger partial charge in [0.15, 0.2) is 11.5 Å². The lowest BCUT2D eigenvalue weighted by Gasteiger charge is -2.14. The highest BCUT2D eigenvalue weighted by Gasteiger charge is 2.24. The lowest BCUT2D eigenvalue weighted by atomic mass is 10.1. The van der Waals surface area contributed by atoms with Crippen LogP contribution in [0.3, 0.4) is 0 Å². The standard InChI is InChI=1S/C9H15NO8P2/c1-10-5-4-7-2-3-8(17-19(11,12)13)9(6-7)18-20(14,15)16/h2-3,6,10H,4-5H2,1H3,(H2,11,12,13)(H2,14,15,16). The van der Waals surface area contributed by atoms with Crippen molar-refractivity contribution in [3.8, 4) is 11.5 Å². The molecule has 1 aromatic carbocycles. The number of likely N-dealkylation sites (N-methyl/N-ethyl adjacent to an activating group) is 1. The van der Waals surface area contributed by atoms with Crippen molar-refractivity contribution in [3.63, 3.8) is 0 Å². The van der Waals surface area contributed by atoms with Crippen LogP contribution in [0.1, 0.15) is 5.56 Å². The SMILES string of the molecule is CNCCc1ccc(OP(=O)(O)O)c(OP(=O)(O)O)c1. The maximum Gasteiger partial charge on any atom is 0.524 e. The number of phosphoric ester groups is 2. The molecule has 0 aromatic heterocycles. The van der Waals surface area contributed by atoms with Crippen molar-refractivity contribution in [2.24, 2.45) is 0 Å². The van der Waals surface area contributed by atoms with Gasteiger partial charge in [-0.3, -0.25) is 19.6 Å². The summed E-state index contributed by atoms with van der Waals surface area (Å²) in [6.45, 7) is 0.605. The van der Waals surface area contributed by atoms with Crippen molar-refractivity contribution >= 4 is 15.6 Å². The van der Waals surface area contributed by atoms with Crippen LogP contribution in [0.5, 0.6) is 11.5 Å². The fourth-order valence-electron chi connectivity index (χ4n) is 1.38. The molecule has 0 spiro atoms. The number of hydrogen-bond acceptors (Lipinski definition) is 5. The van der Waals surface area contributed by atoms with Gasteiger partial charge in [-0.25, -0.2) is 9.13 Å². The second kappa shape index (κ2) is 6.69. The lowest BCUT2D eigenvalue weighted by molar-refractivity contribution is 0.263. The molecule has 1 aromatic rings. The summed E-state index contributed by atoms with van der Waals surface area (Å²) in [6, 6.07) is 3.94. The largest absolute Gasteiger partial charge is 0.524 e. The summed E-state index contributed by atoms with van der Waals surface area (Å²) in [5, 5.41) is 2.89. The van der Waals surface area contributed by atoms with Gasteiger partial charge in [-0.1, -0.05) is 6.07 Å². The first-order chi connectivity index (χ1) is 9.11. The van der Waals surface area contributed by atoms with Gasteiger partial charge in [0.2, 0.25) is 0 Å². The van der Waals surface area contributed by atoms with E-state index < -0.39 is 27.1 Å². The van der Waals surface area contributed by atoms with Crippen LogP contribution in [-0.2, 0) is 15.6 Å². The van der Waals surface area contributed by atoms with E-state index in [1.807, 2.05) is 0 Å². The highest BCUT2D eigenvalue weighted by molar-refractivity contribution is 7.47. The maximum absolute atomic E-state index is 10.9. The normalized spacial score (nSPS) is 12.2. The van der Waals surface area contributed by atoms with Gasteiger partial charge >= 0.3 is 15.6 Å². The maximum atomic E-state index is 10.9. The summed E-state index contributed by atoms with van der Waals surface area (Å²) in [4.78, 5) is 35.0. The van der Waals surface area contributed by atoms with Gasteiger partial charge < -0.3 is 14.4 Å². The van der Waals surface area contributed by atoms with Crippen LogP contribution in [0.25, 0.3) is 0 Å². The van der Waals surface area contributed by atoms with Gasteiger partial charge in [0.05, 0.1) is 0 Å². The second-order valence-corrected chi connectivity index (χ2v) is 6.13. The summed E-state index contributed by atoms with van der Waals surface area (Å²) in [5.74, 6) is -0.884. The number of hydrogen-bond donors (Lipinski definition) is 5. The number of rotatable bonds is 7. The van der Waals surface area contributed by atoms with E-state index in [1.165, 1.54) is 18.2 Å². The van der Waals surface area contributed by atoms with E-state index in [2.05, 4.69) is 14.4 Å². The van der Waals surface area contributed by atoms with E-state index in [4.69, 9.17) is 19.6 Å². The minimum Gasteiger partial charge on any atom is -0.400 e. The zero-order valence-corrected chi connectivity index (χ0v) is 12.3. The Hall–Kier alpha value is -0.920. The fraction of sp³-hybridized carbons (Fsp3) is 0.333. The third-order valence-electron chi connectivity index (χ3n) is 2.11. The second-order valence-electron chi connectivity index (χ2n) is 3.80. The quantitative estimate of drug-likeness (QED) is 0.449. The molecule has 9 nitrogen and oxygen atoms in total. The molecule has 0 saturated heterocycles. The number of phosphoric acid groups is 2. The summed E-state index contributed by atoms with van der Waals surface area (Å²) >= 11 is 0.